The molecule has 20 heavy (non-hydrogen) atoms. The van der Waals surface area contributed by atoms with Crippen molar-refractivity contribution in [2.24, 2.45) is 0 Å². The van der Waals surface area contributed by atoms with Crippen molar-refractivity contribution in [1.82, 2.24) is 24.5 Å². The first-order valence-corrected chi connectivity index (χ1v) is 7.59. The zero-order valence-electron chi connectivity index (χ0n) is 11.4. The molecule has 0 aliphatic carbocycles. The van der Waals surface area contributed by atoms with E-state index in [1.54, 1.807) is 13.4 Å². The maximum atomic E-state index is 5.07. The number of methoxy groups -OCH3 is 1. The van der Waals surface area contributed by atoms with Crippen LogP contribution in [-0.4, -0.2) is 44.8 Å². The number of ether oxygens (including phenoxy) is 1. The van der Waals surface area contributed by atoms with Gasteiger partial charge in [0.15, 0.2) is 0 Å². The van der Waals surface area contributed by atoms with Crippen LogP contribution >= 0.6 is 11.5 Å². The molecular formula is C12H18N6OS. The van der Waals surface area contributed by atoms with Gasteiger partial charge in [0.1, 0.15) is 18.0 Å². The third-order valence-corrected chi connectivity index (χ3v) is 4.28. The van der Waals surface area contributed by atoms with Crippen molar-refractivity contribution in [1.29, 1.82) is 0 Å². The van der Waals surface area contributed by atoms with Crippen LogP contribution in [0.2, 0.25) is 0 Å². The number of hydrogen-bond donors (Lipinski definition) is 1. The Morgan fingerprint density at radius 1 is 1.50 bits per heavy atom. The normalized spacial score (nSPS) is 19.4. The van der Waals surface area contributed by atoms with Gasteiger partial charge in [0.05, 0.1) is 12.6 Å². The third-order valence-electron chi connectivity index (χ3n) is 3.48. The van der Waals surface area contributed by atoms with E-state index in [0.29, 0.717) is 6.61 Å². The summed E-state index contributed by atoms with van der Waals surface area (Å²) >= 11 is 1.45. The van der Waals surface area contributed by atoms with Crippen molar-refractivity contribution >= 4 is 16.7 Å². The monoisotopic (exact) mass is 294 g/mol. The summed E-state index contributed by atoms with van der Waals surface area (Å²) in [7, 11) is 1.69. The minimum absolute atomic E-state index is 0.231. The number of nitrogens with zero attached hydrogens (tertiary/aromatic N) is 5. The summed E-state index contributed by atoms with van der Waals surface area (Å²) in [5.74, 6) is 1.77. The van der Waals surface area contributed by atoms with Gasteiger partial charge in [-0.15, -0.1) is 0 Å². The van der Waals surface area contributed by atoms with E-state index in [2.05, 4.69) is 29.4 Å². The van der Waals surface area contributed by atoms with Crippen molar-refractivity contribution in [2.75, 3.05) is 25.2 Å². The number of piperidine rings is 1. The highest BCUT2D eigenvalue weighted by Gasteiger charge is 2.28. The van der Waals surface area contributed by atoms with Crippen LogP contribution in [0.25, 0.3) is 0 Å². The minimum Gasteiger partial charge on any atom is -0.384 e. The molecular weight excluding hydrogens is 276 g/mol. The molecule has 0 radical (unpaired) electrons. The minimum atomic E-state index is 0.231. The van der Waals surface area contributed by atoms with E-state index >= 15 is 0 Å². The lowest BCUT2D eigenvalue weighted by Crippen LogP contribution is -2.34. The van der Waals surface area contributed by atoms with Gasteiger partial charge in [-0.25, -0.2) is 9.97 Å². The molecule has 1 aliphatic rings. The Bertz CT molecular complexity index is 528. The van der Waals surface area contributed by atoms with E-state index in [0.717, 1.165) is 36.2 Å². The number of anilines is 1. The van der Waals surface area contributed by atoms with Gasteiger partial charge in [0.2, 0.25) is 5.13 Å². The molecule has 0 spiro atoms. The van der Waals surface area contributed by atoms with E-state index in [4.69, 9.17) is 4.74 Å². The Kier molecular flexibility index (Phi) is 4.22. The largest absolute Gasteiger partial charge is 0.384 e. The number of nitrogens with one attached hydrogen (secondary N) is 1. The summed E-state index contributed by atoms with van der Waals surface area (Å²) in [6.07, 6.45) is 5.77. The highest BCUT2D eigenvalue weighted by atomic mass is 32.1. The highest BCUT2D eigenvalue weighted by Crippen LogP contribution is 2.34. The van der Waals surface area contributed by atoms with Crippen molar-refractivity contribution in [2.45, 2.75) is 31.7 Å². The maximum absolute atomic E-state index is 5.07. The first-order valence-electron chi connectivity index (χ1n) is 6.82. The number of H-pyrrole nitrogens is 1. The average molecular weight is 294 g/mol. The molecule has 1 saturated heterocycles. The Balaban J connectivity index is 1.77. The number of hydrogen-bond acceptors (Lipinski definition) is 7. The summed E-state index contributed by atoms with van der Waals surface area (Å²) in [6.45, 7) is 1.64. The Labute approximate surface area is 121 Å². The van der Waals surface area contributed by atoms with Crippen LogP contribution in [0.1, 0.15) is 37.0 Å². The zero-order valence-corrected chi connectivity index (χ0v) is 12.3. The molecule has 8 heteroatoms. The molecule has 2 aromatic rings. The van der Waals surface area contributed by atoms with Crippen molar-refractivity contribution in [3.8, 4) is 0 Å². The standard InChI is InChI=1S/C12H18N6OS/c1-19-7-5-10-15-12(20-17-10)18-6-3-2-4-9(18)11-13-8-14-16-11/h8-9H,2-7H2,1H3,(H,13,14,16). The van der Waals surface area contributed by atoms with Crippen LogP contribution in [0.5, 0.6) is 0 Å². The van der Waals surface area contributed by atoms with Crippen molar-refractivity contribution in [3.05, 3.63) is 18.0 Å². The molecule has 1 fully saturated rings. The average Bonchev–Trinajstić information content (AvgIpc) is 3.16. The molecule has 1 aliphatic heterocycles. The fourth-order valence-corrected chi connectivity index (χ4v) is 3.27. The SMILES string of the molecule is COCCc1nsc(N2CCCCC2c2ncn[nH]2)n1. The van der Waals surface area contributed by atoms with Crippen LogP contribution < -0.4 is 4.90 Å². The second-order valence-corrected chi connectivity index (χ2v) is 5.54. The van der Waals surface area contributed by atoms with Gasteiger partial charge in [-0.05, 0) is 19.3 Å². The second kappa shape index (κ2) is 6.27. The molecule has 1 N–H and O–H groups in total. The molecule has 3 rings (SSSR count). The van der Waals surface area contributed by atoms with Crippen LogP contribution in [-0.2, 0) is 11.2 Å². The number of aromatic nitrogens is 5. The predicted molar refractivity (Wildman–Crippen MR) is 75.8 cm³/mol. The first-order chi connectivity index (χ1) is 9.88. The third kappa shape index (κ3) is 2.80. The first kappa shape index (κ1) is 13.4. The summed E-state index contributed by atoms with van der Waals surface area (Å²) in [4.78, 5) is 11.2. The maximum Gasteiger partial charge on any atom is 0.205 e. The summed E-state index contributed by atoms with van der Waals surface area (Å²) in [5, 5.41) is 7.91. The van der Waals surface area contributed by atoms with E-state index in [-0.39, 0.29) is 6.04 Å². The molecule has 0 bridgehead atoms. The van der Waals surface area contributed by atoms with E-state index < -0.39 is 0 Å². The fraction of sp³-hybridized carbons (Fsp3) is 0.667. The molecule has 0 aromatic carbocycles. The van der Waals surface area contributed by atoms with E-state index in [1.807, 2.05) is 0 Å². The second-order valence-electron chi connectivity index (χ2n) is 4.81. The molecule has 3 heterocycles. The lowest BCUT2D eigenvalue weighted by atomic mass is 10.0. The van der Waals surface area contributed by atoms with Crippen LogP contribution in [0.15, 0.2) is 6.33 Å². The van der Waals surface area contributed by atoms with Crippen LogP contribution in [0, 0.1) is 0 Å². The quantitative estimate of drug-likeness (QED) is 0.902. The lowest BCUT2D eigenvalue weighted by molar-refractivity contribution is 0.201. The topological polar surface area (TPSA) is 79.8 Å². The van der Waals surface area contributed by atoms with Crippen LogP contribution in [0.3, 0.4) is 0 Å². The van der Waals surface area contributed by atoms with Gasteiger partial charge in [-0.2, -0.15) is 9.47 Å². The van der Waals surface area contributed by atoms with E-state index in [9.17, 15) is 0 Å². The van der Waals surface area contributed by atoms with Gasteiger partial charge in [0.25, 0.3) is 0 Å². The summed E-state index contributed by atoms with van der Waals surface area (Å²) in [5.41, 5.74) is 0. The molecule has 1 atom stereocenters. The summed E-state index contributed by atoms with van der Waals surface area (Å²) in [6, 6.07) is 0.231. The Morgan fingerprint density at radius 3 is 3.25 bits per heavy atom. The number of aromatic amines is 1. The highest BCUT2D eigenvalue weighted by molar-refractivity contribution is 7.09. The van der Waals surface area contributed by atoms with Gasteiger partial charge >= 0.3 is 0 Å². The smallest absolute Gasteiger partial charge is 0.205 e. The Morgan fingerprint density at radius 2 is 2.45 bits per heavy atom. The molecule has 0 amide bonds. The molecule has 0 saturated carbocycles. The number of rotatable bonds is 5. The van der Waals surface area contributed by atoms with Gasteiger partial charge in [-0.1, -0.05) is 0 Å². The molecule has 1 unspecified atom stereocenters. The van der Waals surface area contributed by atoms with Gasteiger partial charge < -0.3 is 9.64 Å². The van der Waals surface area contributed by atoms with Crippen molar-refractivity contribution < 1.29 is 4.74 Å². The molecule has 7 nitrogen and oxygen atoms in total. The zero-order chi connectivity index (χ0) is 13.8. The van der Waals surface area contributed by atoms with Gasteiger partial charge in [0, 0.05) is 31.6 Å². The molecule has 2 aromatic heterocycles. The van der Waals surface area contributed by atoms with E-state index in [1.165, 1.54) is 24.4 Å². The molecule has 108 valence electrons. The predicted octanol–water partition coefficient (Wildman–Crippen LogP) is 1.58. The van der Waals surface area contributed by atoms with Crippen LogP contribution in [0.4, 0.5) is 5.13 Å². The van der Waals surface area contributed by atoms with Gasteiger partial charge in [-0.3, -0.25) is 5.10 Å². The fourth-order valence-electron chi connectivity index (χ4n) is 2.48. The summed E-state index contributed by atoms with van der Waals surface area (Å²) < 4.78 is 9.48. The van der Waals surface area contributed by atoms with Crippen molar-refractivity contribution in [3.63, 3.8) is 0 Å². The lowest BCUT2D eigenvalue weighted by Gasteiger charge is -2.33. The Hall–Kier alpha value is -1.54.